The van der Waals surface area contributed by atoms with Crippen molar-refractivity contribution in [3.63, 3.8) is 0 Å². The van der Waals surface area contributed by atoms with Crippen LogP contribution in [0.3, 0.4) is 0 Å². The van der Waals surface area contributed by atoms with Crippen molar-refractivity contribution in [2.24, 2.45) is 4.99 Å². The summed E-state index contributed by atoms with van der Waals surface area (Å²) in [6, 6.07) is 10.2. The van der Waals surface area contributed by atoms with Gasteiger partial charge in [0.25, 0.3) is 0 Å². The first kappa shape index (κ1) is 17.3. The summed E-state index contributed by atoms with van der Waals surface area (Å²) in [5.74, 6) is 0.343. The summed E-state index contributed by atoms with van der Waals surface area (Å²) in [6.45, 7) is 14.5. The van der Waals surface area contributed by atoms with Crippen LogP contribution in [0.5, 0.6) is 5.75 Å². The number of nitrogens with zero attached hydrogens (tertiary/aromatic N) is 1. The van der Waals surface area contributed by atoms with Gasteiger partial charge in [-0.3, -0.25) is 4.99 Å². The molecule has 0 aliphatic heterocycles. The zero-order valence-corrected chi connectivity index (χ0v) is 15.3. The molecule has 0 aliphatic rings. The van der Waals surface area contributed by atoms with Gasteiger partial charge in [-0.25, -0.2) is 0 Å². The van der Waals surface area contributed by atoms with Gasteiger partial charge in [0, 0.05) is 16.8 Å². The van der Waals surface area contributed by atoms with Gasteiger partial charge in [0.15, 0.2) is 0 Å². The lowest BCUT2D eigenvalue weighted by Crippen LogP contribution is -2.13. The van der Waals surface area contributed by atoms with Crippen molar-refractivity contribution in [1.29, 1.82) is 0 Å². The molecule has 1 N–H and O–H groups in total. The third-order valence-corrected chi connectivity index (χ3v) is 4.17. The molecular weight excluding hydrogens is 282 g/mol. The van der Waals surface area contributed by atoms with Crippen LogP contribution in [0.15, 0.2) is 35.3 Å². The van der Waals surface area contributed by atoms with Crippen molar-refractivity contribution in [3.8, 4) is 5.75 Å². The van der Waals surface area contributed by atoms with Gasteiger partial charge >= 0.3 is 0 Å². The Labute approximate surface area is 139 Å². The average molecular weight is 309 g/mol. The van der Waals surface area contributed by atoms with E-state index in [1.165, 1.54) is 0 Å². The van der Waals surface area contributed by atoms with Crippen molar-refractivity contribution in [1.82, 2.24) is 0 Å². The highest BCUT2D eigenvalue weighted by Crippen LogP contribution is 2.35. The van der Waals surface area contributed by atoms with Crippen LogP contribution in [0.4, 0.5) is 5.69 Å². The summed E-state index contributed by atoms with van der Waals surface area (Å²) in [5, 5.41) is 10.8. The van der Waals surface area contributed by atoms with E-state index < -0.39 is 0 Å². The molecule has 0 aliphatic carbocycles. The smallest absolute Gasteiger partial charge is 0.128 e. The number of aryl methyl sites for hydroxylation is 3. The molecule has 0 aromatic heterocycles. The maximum absolute atomic E-state index is 10.8. The lowest BCUT2D eigenvalue weighted by atomic mass is 9.83. The van der Waals surface area contributed by atoms with E-state index in [4.69, 9.17) is 4.99 Å². The Kier molecular flexibility index (Phi) is 4.65. The van der Waals surface area contributed by atoms with Gasteiger partial charge in [-0.2, -0.15) is 0 Å². The second-order valence-corrected chi connectivity index (χ2v) is 7.40. The third-order valence-electron chi connectivity index (χ3n) is 4.17. The van der Waals surface area contributed by atoms with Crippen LogP contribution in [0, 0.1) is 20.8 Å². The van der Waals surface area contributed by atoms with Crippen molar-refractivity contribution < 1.29 is 5.11 Å². The fourth-order valence-corrected chi connectivity index (χ4v) is 2.84. The summed E-state index contributed by atoms with van der Waals surface area (Å²) in [4.78, 5) is 4.81. The van der Waals surface area contributed by atoms with Gasteiger partial charge in [-0.05, 0) is 55.9 Å². The quantitative estimate of drug-likeness (QED) is 0.703. The predicted molar refractivity (Wildman–Crippen MR) is 99.3 cm³/mol. The maximum atomic E-state index is 10.8. The van der Waals surface area contributed by atoms with Crippen molar-refractivity contribution >= 4 is 11.4 Å². The molecule has 2 heteroatoms. The second kappa shape index (κ2) is 6.19. The minimum atomic E-state index is -0.107. The van der Waals surface area contributed by atoms with Crippen LogP contribution < -0.4 is 0 Å². The molecule has 0 bridgehead atoms. The van der Waals surface area contributed by atoms with Crippen LogP contribution in [0.1, 0.15) is 55.5 Å². The van der Waals surface area contributed by atoms with Crippen molar-refractivity contribution in [3.05, 3.63) is 58.1 Å². The zero-order chi connectivity index (χ0) is 17.4. The number of hydrogen-bond acceptors (Lipinski definition) is 2. The number of hydrogen-bond donors (Lipinski definition) is 1. The summed E-state index contributed by atoms with van der Waals surface area (Å²) in [7, 11) is 0. The number of phenolic OH excluding ortho intramolecular Hbond substituents is 1. The molecule has 2 aromatic carbocycles. The Bertz CT molecular complexity index is 744. The van der Waals surface area contributed by atoms with Gasteiger partial charge in [-0.1, -0.05) is 45.0 Å². The minimum Gasteiger partial charge on any atom is -0.507 e. The van der Waals surface area contributed by atoms with E-state index in [9.17, 15) is 5.11 Å². The molecule has 0 heterocycles. The monoisotopic (exact) mass is 309 g/mol. The normalized spacial score (nSPS) is 12.6. The number of rotatable bonds is 2. The van der Waals surface area contributed by atoms with E-state index in [-0.39, 0.29) is 5.41 Å². The third kappa shape index (κ3) is 3.64. The molecular formula is C21H27NO. The Morgan fingerprint density at radius 2 is 1.57 bits per heavy atom. The molecule has 0 unspecified atom stereocenters. The van der Waals surface area contributed by atoms with Crippen molar-refractivity contribution in [2.75, 3.05) is 0 Å². The number of aromatic hydroxyl groups is 1. The summed E-state index contributed by atoms with van der Waals surface area (Å²) < 4.78 is 0. The predicted octanol–water partition coefficient (Wildman–Crippen LogP) is 5.76. The first-order chi connectivity index (χ1) is 10.6. The van der Waals surface area contributed by atoms with E-state index in [0.29, 0.717) is 5.75 Å². The van der Waals surface area contributed by atoms with Gasteiger partial charge in [0.05, 0.1) is 5.69 Å². The Morgan fingerprint density at radius 3 is 2.09 bits per heavy atom. The fourth-order valence-electron chi connectivity index (χ4n) is 2.84. The maximum Gasteiger partial charge on any atom is 0.128 e. The molecule has 0 amide bonds. The molecule has 0 atom stereocenters. The molecule has 2 nitrogen and oxygen atoms in total. The molecule has 0 radical (unpaired) electrons. The molecule has 122 valence electrons. The minimum absolute atomic E-state index is 0.107. The van der Waals surface area contributed by atoms with Crippen LogP contribution >= 0.6 is 0 Å². The lowest BCUT2D eigenvalue weighted by molar-refractivity contribution is 0.445. The molecule has 0 saturated carbocycles. The van der Waals surface area contributed by atoms with Gasteiger partial charge in [0.2, 0.25) is 0 Å². The van der Waals surface area contributed by atoms with Gasteiger partial charge in [0.1, 0.15) is 5.75 Å². The first-order valence-electron chi connectivity index (χ1n) is 8.07. The second-order valence-electron chi connectivity index (χ2n) is 7.40. The largest absolute Gasteiger partial charge is 0.507 e. The van der Waals surface area contributed by atoms with Crippen LogP contribution in [0.2, 0.25) is 0 Å². The summed E-state index contributed by atoms with van der Waals surface area (Å²) in [5.41, 5.74) is 6.93. The van der Waals surface area contributed by atoms with Gasteiger partial charge in [-0.15, -0.1) is 0 Å². The van der Waals surface area contributed by atoms with Crippen molar-refractivity contribution in [2.45, 2.75) is 53.9 Å². The summed E-state index contributed by atoms with van der Waals surface area (Å²) in [6.07, 6.45) is 0. The van der Waals surface area contributed by atoms with Crippen LogP contribution in [-0.2, 0) is 5.41 Å². The Hall–Kier alpha value is -2.09. The number of para-hydroxylation sites is 1. The molecule has 0 spiro atoms. The molecule has 0 saturated heterocycles. The molecule has 23 heavy (non-hydrogen) atoms. The van der Waals surface area contributed by atoms with E-state index in [2.05, 4.69) is 59.7 Å². The van der Waals surface area contributed by atoms with Gasteiger partial charge < -0.3 is 5.11 Å². The molecule has 2 aromatic rings. The summed E-state index contributed by atoms with van der Waals surface area (Å²) >= 11 is 0. The van der Waals surface area contributed by atoms with E-state index in [0.717, 1.165) is 39.2 Å². The Balaban J connectivity index is 2.62. The lowest BCUT2D eigenvalue weighted by Gasteiger charge is -2.23. The highest BCUT2D eigenvalue weighted by Gasteiger charge is 2.21. The SMILES string of the molecule is CC(=Nc1c(C)cccc1C)c1cc(C)cc(C(C)(C)C)c1O. The average Bonchev–Trinajstić information content (AvgIpc) is 2.43. The first-order valence-corrected chi connectivity index (χ1v) is 8.07. The number of aliphatic imine (C=N–C) groups is 1. The number of phenols is 1. The topological polar surface area (TPSA) is 32.6 Å². The number of benzene rings is 2. The highest BCUT2D eigenvalue weighted by molar-refractivity contribution is 6.03. The fraction of sp³-hybridized carbons (Fsp3) is 0.381. The van der Waals surface area contributed by atoms with E-state index in [1.807, 2.05) is 19.1 Å². The van der Waals surface area contributed by atoms with E-state index in [1.54, 1.807) is 0 Å². The zero-order valence-electron chi connectivity index (χ0n) is 15.3. The van der Waals surface area contributed by atoms with Crippen LogP contribution in [-0.4, -0.2) is 10.8 Å². The molecule has 0 fully saturated rings. The van der Waals surface area contributed by atoms with E-state index >= 15 is 0 Å². The van der Waals surface area contributed by atoms with Crippen LogP contribution in [0.25, 0.3) is 0 Å². The Morgan fingerprint density at radius 1 is 1.00 bits per heavy atom. The standard InChI is InChI=1S/C21H27NO/c1-13-11-17(20(23)18(12-13)21(5,6)7)16(4)22-19-14(2)9-8-10-15(19)3/h8-12,23H,1-7H3. The molecule has 2 rings (SSSR count). The highest BCUT2D eigenvalue weighted by atomic mass is 16.3.